The lowest BCUT2D eigenvalue weighted by Crippen LogP contribution is -2.31. The molecule has 29 heavy (non-hydrogen) atoms. The highest BCUT2D eigenvalue weighted by Gasteiger charge is 2.18. The normalized spacial score (nSPS) is 11.9. The van der Waals surface area contributed by atoms with Gasteiger partial charge in [-0.1, -0.05) is 78.9 Å². The third-order valence-electron chi connectivity index (χ3n) is 4.99. The first kappa shape index (κ1) is 18.7. The second-order valence-corrected chi connectivity index (χ2v) is 6.97. The molecular formula is C25H21NO3. The third-order valence-corrected chi connectivity index (χ3v) is 4.99. The summed E-state index contributed by atoms with van der Waals surface area (Å²) < 4.78 is 5.39. The Morgan fingerprint density at radius 2 is 1.38 bits per heavy atom. The number of rotatable bonds is 5. The number of ether oxygens (including phenoxy) is 1. The highest BCUT2D eigenvalue weighted by molar-refractivity contribution is 6.16. The molecular weight excluding hydrogens is 362 g/mol. The maximum absolute atomic E-state index is 12.9. The first-order valence-corrected chi connectivity index (χ1v) is 9.55. The standard InChI is InChI=1S/C25H21NO3/c1-17(18-9-3-2-4-10-18)26-23(27)16-29-25(28)24-21-13-7-5-11-19(21)15-20-12-6-8-14-22(20)24/h2-15,17H,16H2,1H3,(H,26,27)/t17-/m1/s1. The molecule has 0 saturated carbocycles. The van der Waals surface area contributed by atoms with Gasteiger partial charge < -0.3 is 10.1 Å². The SMILES string of the molecule is C[C@@H](NC(=O)COC(=O)c1c2ccccc2cc2ccccc12)c1ccccc1. The van der Waals surface area contributed by atoms with Crippen LogP contribution in [0.25, 0.3) is 21.5 Å². The molecule has 4 nitrogen and oxygen atoms in total. The van der Waals surface area contributed by atoms with Gasteiger partial charge in [-0.15, -0.1) is 0 Å². The molecule has 4 aromatic carbocycles. The molecule has 0 bridgehead atoms. The Bertz CT molecular complexity index is 1130. The molecule has 0 fully saturated rings. The van der Waals surface area contributed by atoms with E-state index in [9.17, 15) is 9.59 Å². The smallest absolute Gasteiger partial charge is 0.339 e. The van der Waals surface area contributed by atoms with E-state index in [2.05, 4.69) is 11.4 Å². The number of fused-ring (bicyclic) bond motifs is 2. The molecule has 0 radical (unpaired) electrons. The van der Waals surface area contributed by atoms with Crippen molar-refractivity contribution in [3.05, 3.63) is 96.1 Å². The summed E-state index contributed by atoms with van der Waals surface area (Å²) in [6.07, 6.45) is 0. The number of benzene rings is 4. The van der Waals surface area contributed by atoms with Crippen molar-refractivity contribution < 1.29 is 14.3 Å². The Hall–Kier alpha value is -3.66. The van der Waals surface area contributed by atoms with Gasteiger partial charge in [0, 0.05) is 0 Å². The molecule has 0 unspecified atom stereocenters. The van der Waals surface area contributed by atoms with Crippen molar-refractivity contribution in [1.82, 2.24) is 5.32 Å². The van der Waals surface area contributed by atoms with Crippen molar-refractivity contribution >= 4 is 33.4 Å². The Labute approximate surface area is 169 Å². The molecule has 4 heteroatoms. The summed E-state index contributed by atoms with van der Waals surface area (Å²) in [5.74, 6) is -0.834. The van der Waals surface area contributed by atoms with Crippen molar-refractivity contribution in [3.8, 4) is 0 Å². The van der Waals surface area contributed by atoms with Crippen LogP contribution in [0.3, 0.4) is 0 Å². The molecule has 1 atom stereocenters. The number of carbonyl (C=O) groups is 2. The predicted octanol–water partition coefficient (Wildman–Crippen LogP) is 5.03. The van der Waals surface area contributed by atoms with E-state index in [1.54, 1.807) is 0 Å². The van der Waals surface area contributed by atoms with Gasteiger partial charge in [0.25, 0.3) is 5.91 Å². The maximum atomic E-state index is 12.9. The molecule has 144 valence electrons. The average Bonchev–Trinajstić information content (AvgIpc) is 2.76. The van der Waals surface area contributed by atoms with Crippen molar-refractivity contribution in [3.63, 3.8) is 0 Å². The van der Waals surface area contributed by atoms with Gasteiger partial charge in [-0.3, -0.25) is 4.79 Å². The molecule has 0 aliphatic carbocycles. The minimum Gasteiger partial charge on any atom is -0.452 e. The minimum atomic E-state index is -0.500. The lowest BCUT2D eigenvalue weighted by Gasteiger charge is -2.15. The zero-order chi connectivity index (χ0) is 20.2. The third kappa shape index (κ3) is 3.97. The van der Waals surface area contributed by atoms with Crippen molar-refractivity contribution in [1.29, 1.82) is 0 Å². The first-order chi connectivity index (χ1) is 14.1. The largest absolute Gasteiger partial charge is 0.452 e. The fourth-order valence-corrected chi connectivity index (χ4v) is 3.55. The molecule has 0 heterocycles. The van der Waals surface area contributed by atoms with Crippen LogP contribution in [0, 0.1) is 0 Å². The van der Waals surface area contributed by atoms with Gasteiger partial charge in [-0.05, 0) is 40.1 Å². The molecule has 0 aliphatic rings. The van der Waals surface area contributed by atoms with Crippen LogP contribution in [-0.2, 0) is 9.53 Å². The number of hydrogen-bond acceptors (Lipinski definition) is 3. The zero-order valence-electron chi connectivity index (χ0n) is 16.1. The van der Waals surface area contributed by atoms with Crippen LogP contribution >= 0.6 is 0 Å². The number of carbonyl (C=O) groups excluding carboxylic acids is 2. The quantitative estimate of drug-likeness (QED) is 0.389. The zero-order valence-corrected chi connectivity index (χ0v) is 16.1. The van der Waals surface area contributed by atoms with E-state index >= 15 is 0 Å². The van der Waals surface area contributed by atoms with E-state index in [1.165, 1.54) is 0 Å². The summed E-state index contributed by atoms with van der Waals surface area (Å²) in [6, 6.07) is 26.9. The minimum absolute atomic E-state index is 0.166. The highest BCUT2D eigenvalue weighted by atomic mass is 16.5. The average molecular weight is 383 g/mol. The van der Waals surface area contributed by atoms with Crippen LogP contribution in [-0.4, -0.2) is 18.5 Å². The van der Waals surface area contributed by atoms with Gasteiger partial charge >= 0.3 is 5.97 Å². The molecule has 1 amide bonds. The Morgan fingerprint density at radius 3 is 2.00 bits per heavy atom. The van der Waals surface area contributed by atoms with Crippen LogP contribution in [0.15, 0.2) is 84.9 Å². The Kier molecular flexibility index (Phi) is 5.25. The summed E-state index contributed by atoms with van der Waals surface area (Å²) in [6.45, 7) is 1.57. The summed E-state index contributed by atoms with van der Waals surface area (Å²) in [7, 11) is 0. The molecule has 0 aromatic heterocycles. The topological polar surface area (TPSA) is 55.4 Å². The second-order valence-electron chi connectivity index (χ2n) is 6.97. The van der Waals surface area contributed by atoms with Gasteiger partial charge in [-0.2, -0.15) is 0 Å². The van der Waals surface area contributed by atoms with Gasteiger partial charge in [0.05, 0.1) is 11.6 Å². The fraction of sp³-hybridized carbons (Fsp3) is 0.120. The number of nitrogens with one attached hydrogen (secondary N) is 1. The van der Waals surface area contributed by atoms with Gasteiger partial charge in [-0.25, -0.2) is 4.79 Å². The van der Waals surface area contributed by atoms with Gasteiger partial charge in [0.1, 0.15) is 0 Å². The van der Waals surface area contributed by atoms with Crippen LogP contribution in [0.1, 0.15) is 28.9 Å². The van der Waals surface area contributed by atoms with E-state index in [1.807, 2.05) is 85.8 Å². The second kappa shape index (κ2) is 8.15. The van der Waals surface area contributed by atoms with Crippen LogP contribution in [0.5, 0.6) is 0 Å². The van der Waals surface area contributed by atoms with Gasteiger partial charge in [0.15, 0.2) is 6.61 Å². The molecule has 4 aromatic rings. The molecule has 4 rings (SSSR count). The molecule has 0 spiro atoms. The molecule has 0 saturated heterocycles. The number of hydrogen-bond donors (Lipinski definition) is 1. The lowest BCUT2D eigenvalue weighted by atomic mass is 9.97. The van der Waals surface area contributed by atoms with E-state index in [0.717, 1.165) is 27.1 Å². The van der Waals surface area contributed by atoms with E-state index in [-0.39, 0.29) is 18.6 Å². The van der Waals surface area contributed by atoms with E-state index in [0.29, 0.717) is 5.56 Å². The first-order valence-electron chi connectivity index (χ1n) is 9.55. The summed E-state index contributed by atoms with van der Waals surface area (Å²) >= 11 is 0. The summed E-state index contributed by atoms with van der Waals surface area (Å²) in [5, 5.41) is 6.41. The monoisotopic (exact) mass is 383 g/mol. The van der Waals surface area contributed by atoms with E-state index in [4.69, 9.17) is 4.74 Å². The fourth-order valence-electron chi connectivity index (χ4n) is 3.55. The van der Waals surface area contributed by atoms with Crippen LogP contribution in [0.4, 0.5) is 0 Å². The van der Waals surface area contributed by atoms with Crippen molar-refractivity contribution in [2.24, 2.45) is 0 Å². The highest BCUT2D eigenvalue weighted by Crippen LogP contribution is 2.29. The van der Waals surface area contributed by atoms with Crippen LogP contribution < -0.4 is 5.32 Å². The molecule has 0 aliphatic heterocycles. The predicted molar refractivity (Wildman–Crippen MR) is 115 cm³/mol. The summed E-state index contributed by atoms with van der Waals surface area (Å²) in [4.78, 5) is 25.2. The van der Waals surface area contributed by atoms with E-state index < -0.39 is 5.97 Å². The number of amides is 1. The van der Waals surface area contributed by atoms with Gasteiger partial charge in [0.2, 0.25) is 0 Å². The number of esters is 1. The Balaban J connectivity index is 1.54. The molecule has 1 N–H and O–H groups in total. The lowest BCUT2D eigenvalue weighted by molar-refractivity contribution is -0.124. The van der Waals surface area contributed by atoms with Crippen molar-refractivity contribution in [2.45, 2.75) is 13.0 Å². The van der Waals surface area contributed by atoms with Crippen LogP contribution in [0.2, 0.25) is 0 Å². The summed E-state index contributed by atoms with van der Waals surface area (Å²) in [5.41, 5.74) is 1.48. The van der Waals surface area contributed by atoms with Crippen molar-refractivity contribution in [2.75, 3.05) is 6.61 Å². The Morgan fingerprint density at radius 1 is 0.828 bits per heavy atom. The maximum Gasteiger partial charge on any atom is 0.339 e.